The summed E-state index contributed by atoms with van der Waals surface area (Å²) in [4.78, 5) is 49.8. The number of nitro groups is 1. The van der Waals surface area contributed by atoms with E-state index in [4.69, 9.17) is 13.9 Å². The molecular formula is C24H26N4O10S. The highest BCUT2D eigenvalue weighted by atomic mass is 32.2. The summed E-state index contributed by atoms with van der Waals surface area (Å²) in [5.74, 6) is -1.79. The van der Waals surface area contributed by atoms with Crippen LogP contribution in [0.25, 0.3) is 0 Å². The molecule has 0 bridgehead atoms. The molecule has 3 rings (SSSR count). The fourth-order valence-electron chi connectivity index (χ4n) is 3.62. The minimum absolute atomic E-state index is 0.0528. The molecule has 2 aromatic heterocycles. The van der Waals surface area contributed by atoms with Crippen LogP contribution in [0.2, 0.25) is 0 Å². The predicted octanol–water partition coefficient (Wildman–Crippen LogP) is 2.63. The first kappa shape index (κ1) is 29.1. The van der Waals surface area contributed by atoms with Crippen molar-refractivity contribution in [3.63, 3.8) is 0 Å². The summed E-state index contributed by atoms with van der Waals surface area (Å²) < 4.78 is 42.3. The van der Waals surface area contributed by atoms with E-state index in [0.29, 0.717) is 17.0 Å². The van der Waals surface area contributed by atoms with Crippen LogP contribution in [0.4, 0.5) is 11.4 Å². The second-order valence-electron chi connectivity index (χ2n) is 8.12. The first-order valence-electron chi connectivity index (χ1n) is 11.5. The number of aryl methyl sites for hydroxylation is 1. The highest BCUT2D eigenvalue weighted by Crippen LogP contribution is 2.28. The van der Waals surface area contributed by atoms with Crippen molar-refractivity contribution >= 4 is 39.1 Å². The van der Waals surface area contributed by atoms with Crippen LogP contribution in [0, 0.1) is 24.0 Å². The van der Waals surface area contributed by atoms with Gasteiger partial charge in [-0.2, -0.15) is 4.72 Å². The number of nitrogens with one attached hydrogen (secondary N) is 3. The van der Waals surface area contributed by atoms with Gasteiger partial charge in [0.1, 0.15) is 18.0 Å². The van der Waals surface area contributed by atoms with Gasteiger partial charge in [0.25, 0.3) is 5.69 Å². The van der Waals surface area contributed by atoms with E-state index in [1.165, 1.54) is 19.3 Å². The normalized spacial score (nSPS) is 11.2. The zero-order valence-corrected chi connectivity index (χ0v) is 22.0. The van der Waals surface area contributed by atoms with E-state index in [1.54, 1.807) is 26.0 Å². The standard InChI is InChI=1S/C24H26N4O10S/c1-4-36-24(31)22-14(2)23(27-15(22)3)20(29)13-38-21(30)12-26-39(34,35)17-7-8-18(19(10-17)28(32)33)25-11-16-6-5-9-37-16/h5-10,25-27H,4,11-13H2,1-3H3. The van der Waals surface area contributed by atoms with E-state index >= 15 is 0 Å². The Morgan fingerprint density at radius 1 is 1.15 bits per heavy atom. The number of hydrogen-bond donors (Lipinski definition) is 3. The Labute approximate surface area is 222 Å². The molecule has 3 aromatic rings. The minimum Gasteiger partial charge on any atom is -0.467 e. The van der Waals surface area contributed by atoms with E-state index in [1.807, 2.05) is 4.72 Å². The second kappa shape index (κ2) is 12.4. The number of ketones is 1. The van der Waals surface area contributed by atoms with Gasteiger partial charge in [-0.3, -0.25) is 19.7 Å². The average Bonchev–Trinajstić information content (AvgIpc) is 3.52. The van der Waals surface area contributed by atoms with Crippen molar-refractivity contribution in [1.29, 1.82) is 0 Å². The van der Waals surface area contributed by atoms with E-state index in [0.717, 1.165) is 12.1 Å². The van der Waals surface area contributed by atoms with Crippen molar-refractivity contribution in [3.8, 4) is 0 Å². The molecular weight excluding hydrogens is 536 g/mol. The molecule has 0 fully saturated rings. The Balaban J connectivity index is 1.60. The lowest BCUT2D eigenvalue weighted by Gasteiger charge is -2.10. The predicted molar refractivity (Wildman–Crippen MR) is 136 cm³/mol. The summed E-state index contributed by atoms with van der Waals surface area (Å²) in [5, 5.41) is 14.3. The van der Waals surface area contributed by atoms with Crippen molar-refractivity contribution in [2.45, 2.75) is 32.2 Å². The van der Waals surface area contributed by atoms with Gasteiger partial charge in [0, 0.05) is 11.8 Å². The first-order chi connectivity index (χ1) is 18.4. The Bertz CT molecular complexity index is 1490. The number of aromatic nitrogens is 1. The number of benzene rings is 1. The number of nitrogens with zero attached hydrogens (tertiary/aromatic N) is 1. The Morgan fingerprint density at radius 3 is 2.54 bits per heavy atom. The molecule has 3 N–H and O–H groups in total. The third-order valence-electron chi connectivity index (χ3n) is 5.48. The van der Waals surface area contributed by atoms with Crippen LogP contribution in [-0.2, 0) is 30.8 Å². The van der Waals surface area contributed by atoms with Gasteiger partial charge in [-0.25, -0.2) is 13.2 Å². The first-order valence-corrected chi connectivity index (χ1v) is 13.0. The molecule has 14 nitrogen and oxygen atoms in total. The number of hydrogen-bond acceptors (Lipinski definition) is 11. The highest BCUT2D eigenvalue weighted by molar-refractivity contribution is 7.89. The molecule has 0 radical (unpaired) electrons. The van der Waals surface area contributed by atoms with Crippen LogP contribution in [0.3, 0.4) is 0 Å². The highest BCUT2D eigenvalue weighted by Gasteiger charge is 2.25. The number of aromatic amines is 1. The number of ether oxygens (including phenoxy) is 2. The summed E-state index contributed by atoms with van der Waals surface area (Å²) >= 11 is 0. The maximum Gasteiger partial charge on any atom is 0.340 e. The largest absolute Gasteiger partial charge is 0.467 e. The Morgan fingerprint density at radius 2 is 1.90 bits per heavy atom. The quantitative estimate of drug-likeness (QED) is 0.120. The van der Waals surface area contributed by atoms with Gasteiger partial charge in [0.15, 0.2) is 6.61 Å². The van der Waals surface area contributed by atoms with Gasteiger partial charge < -0.3 is 24.2 Å². The molecule has 0 aliphatic carbocycles. The van der Waals surface area contributed by atoms with Crippen molar-refractivity contribution in [3.05, 3.63) is 75.0 Å². The van der Waals surface area contributed by atoms with Crippen LogP contribution in [0.1, 0.15) is 44.8 Å². The molecule has 0 unspecified atom stereocenters. The zero-order valence-electron chi connectivity index (χ0n) is 21.2. The van der Waals surface area contributed by atoms with Gasteiger partial charge in [0.05, 0.1) is 40.5 Å². The molecule has 39 heavy (non-hydrogen) atoms. The van der Waals surface area contributed by atoms with Crippen molar-refractivity contribution in [2.75, 3.05) is 25.1 Å². The van der Waals surface area contributed by atoms with Gasteiger partial charge >= 0.3 is 11.9 Å². The summed E-state index contributed by atoms with van der Waals surface area (Å²) in [7, 11) is -4.35. The number of sulfonamides is 1. The summed E-state index contributed by atoms with van der Waals surface area (Å²) in [6.07, 6.45) is 1.44. The van der Waals surface area contributed by atoms with Crippen molar-refractivity contribution in [1.82, 2.24) is 9.71 Å². The molecule has 0 saturated heterocycles. The molecule has 1 aromatic carbocycles. The summed E-state index contributed by atoms with van der Waals surface area (Å²) in [5.41, 5.74) is 0.555. The minimum atomic E-state index is -4.35. The number of nitro benzene ring substituents is 1. The number of furan rings is 1. The van der Waals surface area contributed by atoms with Gasteiger partial charge in [-0.1, -0.05) is 0 Å². The van der Waals surface area contributed by atoms with E-state index in [-0.39, 0.29) is 30.1 Å². The Hall–Kier alpha value is -4.50. The number of anilines is 1. The molecule has 2 heterocycles. The van der Waals surface area contributed by atoms with Crippen LogP contribution in [-0.4, -0.2) is 55.8 Å². The summed E-state index contributed by atoms with van der Waals surface area (Å²) in [6, 6.07) is 6.51. The molecule has 208 valence electrons. The van der Waals surface area contributed by atoms with Crippen LogP contribution >= 0.6 is 0 Å². The average molecular weight is 563 g/mol. The number of Topliss-reactive ketones (excluding diaryl/α,β-unsaturated/α-hetero) is 1. The van der Waals surface area contributed by atoms with Crippen LogP contribution in [0.5, 0.6) is 0 Å². The van der Waals surface area contributed by atoms with Crippen LogP contribution in [0.15, 0.2) is 45.9 Å². The van der Waals surface area contributed by atoms with E-state index < -0.39 is 56.4 Å². The Kier molecular flexibility index (Phi) is 9.21. The number of carbonyl (C=O) groups excluding carboxylic acids is 3. The third kappa shape index (κ3) is 7.08. The molecule has 0 aliphatic heterocycles. The molecule has 0 amide bonds. The second-order valence-corrected chi connectivity index (χ2v) is 9.89. The van der Waals surface area contributed by atoms with Gasteiger partial charge in [-0.15, -0.1) is 0 Å². The monoisotopic (exact) mass is 562 g/mol. The number of H-pyrrole nitrogens is 1. The lowest BCUT2D eigenvalue weighted by molar-refractivity contribution is -0.384. The lowest BCUT2D eigenvalue weighted by Crippen LogP contribution is -2.31. The molecule has 0 spiro atoms. The maximum atomic E-state index is 12.6. The van der Waals surface area contributed by atoms with E-state index in [9.17, 15) is 32.9 Å². The molecule has 0 aliphatic rings. The lowest BCUT2D eigenvalue weighted by atomic mass is 10.1. The molecule has 15 heteroatoms. The fraction of sp³-hybridized carbons (Fsp3) is 0.292. The van der Waals surface area contributed by atoms with Crippen molar-refractivity contribution in [2.24, 2.45) is 0 Å². The van der Waals surface area contributed by atoms with E-state index in [2.05, 4.69) is 10.3 Å². The molecule has 0 atom stereocenters. The number of esters is 2. The van der Waals surface area contributed by atoms with Gasteiger partial charge in [-0.05, 0) is 50.6 Å². The smallest absolute Gasteiger partial charge is 0.340 e. The fourth-order valence-corrected chi connectivity index (χ4v) is 4.61. The van der Waals surface area contributed by atoms with Crippen LogP contribution < -0.4 is 10.0 Å². The molecule has 0 saturated carbocycles. The number of rotatable bonds is 13. The van der Waals surface area contributed by atoms with Crippen molar-refractivity contribution < 1.29 is 41.6 Å². The third-order valence-corrected chi connectivity index (χ3v) is 6.87. The topological polar surface area (TPSA) is 200 Å². The number of carbonyl (C=O) groups is 3. The SMILES string of the molecule is CCOC(=O)c1c(C)[nH]c(C(=O)COC(=O)CNS(=O)(=O)c2ccc(NCc3ccco3)c([N+](=O)[O-])c2)c1C. The maximum absolute atomic E-state index is 12.6. The zero-order chi connectivity index (χ0) is 28.7. The van der Waals surface area contributed by atoms with Gasteiger partial charge in [0.2, 0.25) is 15.8 Å². The summed E-state index contributed by atoms with van der Waals surface area (Å²) in [6.45, 7) is 3.50.